The normalized spacial score (nSPS) is 12.1. The Kier molecular flexibility index (Phi) is 8.48. The smallest absolute Gasteiger partial charge is 0.314 e. The van der Waals surface area contributed by atoms with E-state index in [-0.39, 0.29) is 11.6 Å². The maximum absolute atomic E-state index is 14.1. The summed E-state index contributed by atoms with van der Waals surface area (Å²) in [5.41, 5.74) is 3.20. The van der Waals surface area contributed by atoms with Gasteiger partial charge in [-0.05, 0) is 66.5 Å². The summed E-state index contributed by atoms with van der Waals surface area (Å²) in [4.78, 5) is 35.1. The van der Waals surface area contributed by atoms with Gasteiger partial charge in [-0.3, -0.25) is 9.36 Å². The first-order valence-corrected chi connectivity index (χ1v) is 14.6. The van der Waals surface area contributed by atoms with Crippen molar-refractivity contribution in [2.24, 2.45) is 5.92 Å². The van der Waals surface area contributed by atoms with Gasteiger partial charge in [0.15, 0.2) is 0 Å². The van der Waals surface area contributed by atoms with E-state index in [2.05, 4.69) is 26.1 Å². The topological polar surface area (TPSA) is 67.2 Å². The molecule has 0 saturated carbocycles. The molecule has 6 heteroatoms. The predicted octanol–water partition coefficient (Wildman–Crippen LogP) is 8.13. The number of urea groups is 1. The molecule has 41 heavy (non-hydrogen) atoms. The van der Waals surface area contributed by atoms with Gasteiger partial charge in [0.2, 0.25) is 0 Å². The van der Waals surface area contributed by atoms with Crippen molar-refractivity contribution in [1.29, 1.82) is 0 Å². The van der Waals surface area contributed by atoms with Crippen molar-refractivity contribution < 1.29 is 4.79 Å². The van der Waals surface area contributed by atoms with Gasteiger partial charge in [-0.2, -0.15) is 0 Å². The molecule has 1 N–H and O–H groups in total. The Bertz CT molecular complexity index is 1720. The van der Waals surface area contributed by atoms with Crippen molar-refractivity contribution in [3.05, 3.63) is 113 Å². The summed E-state index contributed by atoms with van der Waals surface area (Å²) in [6, 6.07) is 28.8. The van der Waals surface area contributed by atoms with Crippen LogP contribution in [0.2, 0.25) is 0 Å². The molecular weight excluding hydrogens is 508 g/mol. The lowest BCUT2D eigenvalue weighted by molar-refractivity contribution is 0.176. The molecule has 0 saturated heterocycles. The van der Waals surface area contributed by atoms with E-state index in [1.54, 1.807) is 4.57 Å². The SMILES string of the molecule is CCc1ccc(-n2c(C(CC)N(CCC(C)C)C(=O)Nc3cccc4ccccc34)nc3ccccc3c2=O)cc1. The quantitative estimate of drug-likeness (QED) is 0.203. The first-order valence-electron chi connectivity index (χ1n) is 14.6. The van der Waals surface area contributed by atoms with Gasteiger partial charge in [-0.25, -0.2) is 9.78 Å². The van der Waals surface area contributed by atoms with Crippen LogP contribution in [0.15, 0.2) is 95.8 Å². The van der Waals surface area contributed by atoms with Gasteiger partial charge < -0.3 is 10.2 Å². The average Bonchev–Trinajstić information content (AvgIpc) is 2.99. The number of rotatable bonds is 9. The number of fused-ring (bicyclic) bond motifs is 2. The van der Waals surface area contributed by atoms with Crippen molar-refractivity contribution in [1.82, 2.24) is 14.5 Å². The molecule has 0 fully saturated rings. The third kappa shape index (κ3) is 5.87. The monoisotopic (exact) mass is 546 g/mol. The largest absolute Gasteiger partial charge is 0.322 e. The van der Waals surface area contributed by atoms with Gasteiger partial charge in [-0.1, -0.05) is 88.4 Å². The summed E-state index contributed by atoms with van der Waals surface area (Å²) in [7, 11) is 0. The standard InChI is InChI=1S/C35H38N4O2/c1-5-25-18-20-27(21-19-25)39-33(36-31-16-10-9-15-29(31)34(39)40)32(6-2)38(23-22-24(3)4)35(41)37-30-17-11-13-26-12-7-8-14-28(26)30/h7-21,24,32H,5-6,22-23H2,1-4H3,(H,37,41). The number of nitrogens with one attached hydrogen (secondary N) is 1. The van der Waals surface area contributed by atoms with Gasteiger partial charge in [0.1, 0.15) is 5.82 Å². The number of nitrogens with zero attached hydrogens (tertiary/aromatic N) is 3. The van der Waals surface area contributed by atoms with E-state index in [0.717, 1.165) is 35.0 Å². The molecule has 0 radical (unpaired) electrons. The Labute approximate surface area is 241 Å². The first-order chi connectivity index (χ1) is 19.9. The second-order valence-electron chi connectivity index (χ2n) is 10.9. The third-order valence-electron chi connectivity index (χ3n) is 7.70. The fraction of sp³-hybridized carbons (Fsp3) is 0.286. The van der Waals surface area contributed by atoms with Crippen molar-refractivity contribution in [3.8, 4) is 5.69 Å². The van der Waals surface area contributed by atoms with Gasteiger partial charge in [-0.15, -0.1) is 0 Å². The molecule has 6 nitrogen and oxygen atoms in total. The Morgan fingerprint density at radius 2 is 1.56 bits per heavy atom. The number of hydrogen-bond acceptors (Lipinski definition) is 3. The summed E-state index contributed by atoms with van der Waals surface area (Å²) >= 11 is 0. The maximum Gasteiger partial charge on any atom is 0.322 e. The van der Waals surface area contributed by atoms with Crippen LogP contribution in [0.1, 0.15) is 58.0 Å². The van der Waals surface area contributed by atoms with Crippen LogP contribution in [0.5, 0.6) is 0 Å². The third-order valence-corrected chi connectivity index (χ3v) is 7.70. The predicted molar refractivity (Wildman–Crippen MR) is 169 cm³/mol. The number of carbonyl (C=O) groups is 1. The maximum atomic E-state index is 14.1. The van der Waals surface area contributed by atoms with Crippen LogP contribution >= 0.6 is 0 Å². The molecule has 210 valence electrons. The van der Waals surface area contributed by atoms with Gasteiger partial charge in [0.05, 0.1) is 28.3 Å². The minimum absolute atomic E-state index is 0.133. The highest BCUT2D eigenvalue weighted by molar-refractivity contribution is 6.01. The van der Waals surface area contributed by atoms with E-state index in [9.17, 15) is 9.59 Å². The zero-order valence-electron chi connectivity index (χ0n) is 24.3. The zero-order chi connectivity index (χ0) is 28.9. The van der Waals surface area contributed by atoms with Crippen LogP contribution in [-0.4, -0.2) is 27.0 Å². The zero-order valence-corrected chi connectivity index (χ0v) is 24.3. The Hall–Kier alpha value is -4.45. The number of carbonyl (C=O) groups excluding carboxylic acids is 1. The van der Waals surface area contributed by atoms with Crippen LogP contribution in [0.25, 0.3) is 27.4 Å². The molecule has 0 aliphatic carbocycles. The van der Waals surface area contributed by atoms with Crippen LogP contribution in [0, 0.1) is 5.92 Å². The number of benzene rings is 4. The molecular formula is C35H38N4O2. The molecule has 0 aliphatic rings. The summed E-state index contributed by atoms with van der Waals surface area (Å²) in [6.45, 7) is 9.00. The van der Waals surface area contributed by atoms with Gasteiger partial charge in [0, 0.05) is 11.9 Å². The lowest BCUT2D eigenvalue weighted by Gasteiger charge is -2.33. The van der Waals surface area contributed by atoms with E-state index in [1.165, 1.54) is 5.56 Å². The molecule has 5 rings (SSSR count). The van der Waals surface area contributed by atoms with Crippen molar-refractivity contribution in [2.45, 2.75) is 53.0 Å². The second kappa shape index (κ2) is 12.4. The fourth-order valence-electron chi connectivity index (χ4n) is 5.36. The molecule has 1 heterocycles. The van der Waals surface area contributed by atoms with Crippen LogP contribution in [-0.2, 0) is 6.42 Å². The average molecular weight is 547 g/mol. The van der Waals surface area contributed by atoms with Crippen molar-refractivity contribution in [2.75, 3.05) is 11.9 Å². The molecule has 1 aromatic heterocycles. The number of anilines is 1. The summed E-state index contributed by atoms with van der Waals surface area (Å²) in [6.07, 6.45) is 2.33. The highest BCUT2D eigenvalue weighted by Gasteiger charge is 2.29. The van der Waals surface area contributed by atoms with E-state index < -0.39 is 6.04 Å². The molecule has 1 unspecified atom stereocenters. The number of aryl methyl sites for hydroxylation is 1. The van der Waals surface area contributed by atoms with Gasteiger partial charge >= 0.3 is 6.03 Å². The summed E-state index contributed by atoms with van der Waals surface area (Å²) in [5.74, 6) is 0.964. The molecule has 5 aromatic rings. The van der Waals surface area contributed by atoms with Crippen LogP contribution < -0.4 is 10.9 Å². The highest BCUT2D eigenvalue weighted by atomic mass is 16.2. The minimum Gasteiger partial charge on any atom is -0.314 e. The molecule has 0 aliphatic heterocycles. The lowest BCUT2D eigenvalue weighted by Crippen LogP contribution is -2.41. The van der Waals surface area contributed by atoms with E-state index in [4.69, 9.17) is 4.98 Å². The fourth-order valence-corrected chi connectivity index (χ4v) is 5.36. The number of hydrogen-bond donors (Lipinski definition) is 1. The van der Waals surface area contributed by atoms with Crippen LogP contribution in [0.4, 0.5) is 10.5 Å². The van der Waals surface area contributed by atoms with E-state index in [1.807, 2.05) is 103 Å². The lowest BCUT2D eigenvalue weighted by atomic mass is 10.1. The van der Waals surface area contributed by atoms with E-state index >= 15 is 0 Å². The molecule has 2 amide bonds. The number of aromatic nitrogens is 2. The first kappa shape index (κ1) is 28.1. The molecule has 0 bridgehead atoms. The van der Waals surface area contributed by atoms with Crippen LogP contribution in [0.3, 0.4) is 0 Å². The number of amides is 2. The Morgan fingerprint density at radius 1 is 0.878 bits per heavy atom. The summed E-state index contributed by atoms with van der Waals surface area (Å²) < 4.78 is 1.70. The minimum atomic E-state index is -0.424. The van der Waals surface area contributed by atoms with Crippen molar-refractivity contribution in [3.63, 3.8) is 0 Å². The summed E-state index contributed by atoms with van der Waals surface area (Å²) in [5, 5.41) is 5.79. The Morgan fingerprint density at radius 3 is 2.27 bits per heavy atom. The highest BCUT2D eigenvalue weighted by Crippen LogP contribution is 2.29. The second-order valence-corrected chi connectivity index (χ2v) is 10.9. The molecule has 0 spiro atoms. The molecule has 4 aromatic carbocycles. The van der Waals surface area contributed by atoms with E-state index in [0.29, 0.717) is 35.6 Å². The molecule has 1 atom stereocenters. The Balaban J connectivity index is 1.64. The van der Waals surface area contributed by atoms with Crippen molar-refractivity contribution >= 4 is 33.4 Å². The van der Waals surface area contributed by atoms with Gasteiger partial charge in [0.25, 0.3) is 5.56 Å². The number of para-hydroxylation sites is 1.